The molecule has 0 unspecified atom stereocenters. The molecule has 1 aromatic carbocycles. The van der Waals surface area contributed by atoms with Gasteiger partial charge in [0.1, 0.15) is 12.2 Å². The average molecular weight is 451 g/mol. The van der Waals surface area contributed by atoms with Crippen LogP contribution in [0.25, 0.3) is 0 Å². The van der Waals surface area contributed by atoms with Gasteiger partial charge in [0, 0.05) is 37.1 Å². The molecule has 0 spiro atoms. The van der Waals surface area contributed by atoms with Crippen LogP contribution in [0.15, 0.2) is 24.3 Å². The van der Waals surface area contributed by atoms with Gasteiger partial charge in [-0.3, -0.25) is 19.1 Å². The molecule has 2 rings (SSSR count). The summed E-state index contributed by atoms with van der Waals surface area (Å²) in [6.07, 6.45) is 1.41. The highest BCUT2D eigenvalue weighted by Crippen LogP contribution is 2.17. The van der Waals surface area contributed by atoms with Gasteiger partial charge in [-0.05, 0) is 45.7 Å². The number of ether oxygens (including phenoxy) is 2. The van der Waals surface area contributed by atoms with Crippen molar-refractivity contribution in [2.45, 2.75) is 58.2 Å². The number of amides is 2. The normalized spacial score (nSPS) is 14.8. The lowest BCUT2D eigenvalue weighted by atomic mass is 10.0. The van der Waals surface area contributed by atoms with E-state index in [9.17, 15) is 19.2 Å². The third-order valence-electron chi connectivity index (χ3n) is 4.79. The summed E-state index contributed by atoms with van der Waals surface area (Å²) in [6.45, 7) is 6.36. The molecule has 8 nitrogen and oxygen atoms in total. The van der Waals surface area contributed by atoms with Crippen molar-refractivity contribution >= 4 is 36.4 Å². The summed E-state index contributed by atoms with van der Waals surface area (Å²) in [5.41, 5.74) is 0.314. The predicted molar refractivity (Wildman–Crippen MR) is 118 cm³/mol. The second-order valence-electron chi connectivity index (χ2n) is 8.42. The first kappa shape index (κ1) is 24.9. The number of ketones is 1. The van der Waals surface area contributed by atoms with Gasteiger partial charge in [-0.15, -0.1) is 0 Å². The number of nitrogens with zero attached hydrogens (tertiary/aromatic N) is 1. The van der Waals surface area contributed by atoms with Gasteiger partial charge < -0.3 is 14.4 Å². The smallest absolute Gasteiger partial charge is 0.332 e. The zero-order valence-electron chi connectivity index (χ0n) is 18.2. The number of benzene rings is 1. The van der Waals surface area contributed by atoms with E-state index in [2.05, 4.69) is 17.5 Å². The molecule has 0 bridgehead atoms. The summed E-state index contributed by atoms with van der Waals surface area (Å²) >= 11 is 3.70. The van der Waals surface area contributed by atoms with Crippen molar-refractivity contribution in [1.82, 2.24) is 9.62 Å². The fraction of sp³-hybridized carbons (Fsp3) is 0.545. The van der Waals surface area contributed by atoms with Crippen LogP contribution in [0.2, 0.25) is 0 Å². The van der Waals surface area contributed by atoms with Gasteiger partial charge in [-0.1, -0.05) is 24.9 Å². The van der Waals surface area contributed by atoms with Gasteiger partial charge in [0.15, 0.2) is 5.78 Å². The SMILES string of the molecule is CC(C)(C)OC(=O)COC1CCN(C(=O)CCC(=O)c2ccc(C(=O)NS)cc2)CC1. The van der Waals surface area contributed by atoms with Crippen LogP contribution in [0.4, 0.5) is 0 Å². The fourth-order valence-electron chi connectivity index (χ4n) is 3.22. The highest BCUT2D eigenvalue weighted by Gasteiger charge is 2.25. The number of esters is 1. The lowest BCUT2D eigenvalue weighted by Gasteiger charge is -2.32. The van der Waals surface area contributed by atoms with Crippen LogP contribution in [-0.2, 0) is 19.1 Å². The second-order valence-corrected chi connectivity index (χ2v) is 8.64. The molecule has 1 aliphatic rings. The molecule has 170 valence electrons. The summed E-state index contributed by atoms with van der Waals surface area (Å²) < 4.78 is 13.0. The van der Waals surface area contributed by atoms with Gasteiger partial charge in [0.2, 0.25) is 5.91 Å². The van der Waals surface area contributed by atoms with E-state index < -0.39 is 11.6 Å². The van der Waals surface area contributed by atoms with Crippen LogP contribution in [0.5, 0.6) is 0 Å². The minimum absolute atomic E-state index is 0.0787. The number of carbonyl (C=O) groups excluding carboxylic acids is 4. The molecule has 1 N–H and O–H groups in total. The van der Waals surface area contributed by atoms with Crippen molar-refractivity contribution in [3.63, 3.8) is 0 Å². The number of hydrogen-bond donors (Lipinski definition) is 2. The molecule has 0 aliphatic carbocycles. The maximum absolute atomic E-state index is 12.4. The molecule has 1 saturated heterocycles. The summed E-state index contributed by atoms with van der Waals surface area (Å²) in [5, 5.41) is 0. The quantitative estimate of drug-likeness (QED) is 0.359. The molecule has 0 atom stereocenters. The minimum atomic E-state index is -0.545. The molecule has 1 heterocycles. The maximum Gasteiger partial charge on any atom is 0.332 e. The van der Waals surface area contributed by atoms with E-state index in [0.29, 0.717) is 37.1 Å². The van der Waals surface area contributed by atoms with Crippen LogP contribution in [0.3, 0.4) is 0 Å². The van der Waals surface area contributed by atoms with Crippen LogP contribution < -0.4 is 4.72 Å². The average Bonchev–Trinajstić information content (AvgIpc) is 2.74. The fourth-order valence-corrected chi connectivity index (χ4v) is 3.35. The molecule has 1 fully saturated rings. The first-order valence-electron chi connectivity index (χ1n) is 10.3. The summed E-state index contributed by atoms with van der Waals surface area (Å²) in [7, 11) is 0. The summed E-state index contributed by atoms with van der Waals surface area (Å²) in [5.74, 6) is -0.980. The molecular weight excluding hydrogens is 420 g/mol. The van der Waals surface area contributed by atoms with Crippen molar-refractivity contribution in [3.8, 4) is 0 Å². The number of thiol groups is 1. The summed E-state index contributed by atoms with van der Waals surface area (Å²) in [6, 6.07) is 6.22. The number of piperidine rings is 1. The van der Waals surface area contributed by atoms with E-state index in [1.807, 2.05) is 0 Å². The third kappa shape index (κ3) is 8.34. The first-order chi connectivity index (χ1) is 14.6. The number of Topliss-reactive ketones (excluding diaryl/α,β-unsaturated/α-hetero) is 1. The van der Waals surface area contributed by atoms with Crippen LogP contribution in [0, 0.1) is 0 Å². The van der Waals surface area contributed by atoms with Gasteiger partial charge in [-0.25, -0.2) is 4.79 Å². The standard InChI is InChI=1S/C22H30N2O6S/c1-22(2,3)30-20(27)14-29-17-10-12-24(13-11-17)19(26)9-8-18(25)15-4-6-16(7-5-15)21(28)23-31/h4-7,17,31H,8-14H2,1-3H3,(H,23,28). The molecule has 0 radical (unpaired) electrons. The second kappa shape index (κ2) is 11.3. The molecule has 9 heteroatoms. The Balaban J connectivity index is 1.71. The predicted octanol–water partition coefficient (Wildman–Crippen LogP) is 2.57. The molecule has 1 aromatic rings. The van der Waals surface area contributed by atoms with E-state index in [-0.39, 0.29) is 43.2 Å². The zero-order chi connectivity index (χ0) is 23.0. The molecule has 31 heavy (non-hydrogen) atoms. The van der Waals surface area contributed by atoms with Gasteiger partial charge in [0.05, 0.1) is 6.10 Å². The largest absolute Gasteiger partial charge is 0.458 e. The van der Waals surface area contributed by atoms with Gasteiger partial charge in [0.25, 0.3) is 5.91 Å². The van der Waals surface area contributed by atoms with E-state index in [0.717, 1.165) is 0 Å². The van der Waals surface area contributed by atoms with Gasteiger partial charge in [-0.2, -0.15) is 0 Å². The van der Waals surface area contributed by atoms with Crippen LogP contribution in [-0.4, -0.2) is 59.9 Å². The Kier molecular flexibility index (Phi) is 9.06. The molecular formula is C22H30N2O6S. The Labute approximate surface area is 188 Å². The Bertz CT molecular complexity index is 795. The van der Waals surface area contributed by atoms with E-state index in [4.69, 9.17) is 9.47 Å². The monoisotopic (exact) mass is 450 g/mol. The van der Waals surface area contributed by atoms with Crippen molar-refractivity contribution in [1.29, 1.82) is 0 Å². The Hall–Kier alpha value is -2.39. The molecule has 2 amide bonds. The Morgan fingerprint density at radius 2 is 1.61 bits per heavy atom. The van der Waals surface area contributed by atoms with Gasteiger partial charge >= 0.3 is 5.97 Å². The van der Waals surface area contributed by atoms with Crippen LogP contribution in [0.1, 0.15) is 67.2 Å². The van der Waals surface area contributed by atoms with Crippen molar-refractivity contribution in [3.05, 3.63) is 35.4 Å². The van der Waals surface area contributed by atoms with E-state index in [1.165, 1.54) is 0 Å². The topological polar surface area (TPSA) is 102 Å². The number of likely N-dealkylation sites (tertiary alicyclic amines) is 1. The highest BCUT2D eigenvalue weighted by molar-refractivity contribution is 7.78. The first-order valence-corrected chi connectivity index (χ1v) is 10.7. The number of hydrogen-bond acceptors (Lipinski definition) is 7. The molecule has 1 aliphatic heterocycles. The lowest BCUT2D eigenvalue weighted by molar-refractivity contribution is -0.163. The minimum Gasteiger partial charge on any atom is -0.458 e. The summed E-state index contributed by atoms with van der Waals surface area (Å²) in [4.78, 5) is 49.7. The number of rotatable bonds is 8. The van der Waals surface area contributed by atoms with Crippen molar-refractivity contribution < 1.29 is 28.7 Å². The van der Waals surface area contributed by atoms with Crippen molar-refractivity contribution in [2.24, 2.45) is 0 Å². The Morgan fingerprint density at radius 3 is 2.16 bits per heavy atom. The number of nitrogens with one attached hydrogen (secondary N) is 1. The third-order valence-corrected chi connectivity index (χ3v) is 4.99. The highest BCUT2D eigenvalue weighted by atomic mass is 32.1. The zero-order valence-corrected chi connectivity index (χ0v) is 19.1. The molecule has 0 saturated carbocycles. The molecule has 0 aromatic heterocycles. The lowest BCUT2D eigenvalue weighted by Crippen LogP contribution is -2.41. The van der Waals surface area contributed by atoms with Crippen LogP contribution >= 0.6 is 12.8 Å². The van der Waals surface area contributed by atoms with E-state index >= 15 is 0 Å². The van der Waals surface area contributed by atoms with Crippen molar-refractivity contribution in [2.75, 3.05) is 19.7 Å². The Morgan fingerprint density at radius 1 is 1.03 bits per heavy atom. The number of carbonyl (C=O) groups is 4. The van der Waals surface area contributed by atoms with E-state index in [1.54, 1.807) is 49.9 Å². The maximum atomic E-state index is 12.4.